The lowest BCUT2D eigenvalue weighted by molar-refractivity contribution is 0.225. The zero-order chi connectivity index (χ0) is 17.9. The standard InChI is InChI=1S/C18H16BrN5OS/c1-2-9-26-18-22-17-15(23-24-18)13-10-12(19)3-4-14(13)21-16(25-17)11-5-7-20-8-6-11/h3-8,10,16,21H,2,9H2,1H3/t16-/m0/s1. The topological polar surface area (TPSA) is 72.8 Å². The van der Waals surface area contributed by atoms with Crippen LogP contribution < -0.4 is 10.1 Å². The van der Waals surface area contributed by atoms with Crippen LogP contribution in [0, 0.1) is 0 Å². The highest BCUT2D eigenvalue weighted by atomic mass is 79.9. The van der Waals surface area contributed by atoms with Gasteiger partial charge in [0.1, 0.15) is 0 Å². The second-order valence-corrected chi connectivity index (χ2v) is 7.69. The Bertz CT molecular complexity index is 925. The van der Waals surface area contributed by atoms with Crippen molar-refractivity contribution in [3.05, 3.63) is 52.8 Å². The molecule has 0 saturated heterocycles. The van der Waals surface area contributed by atoms with E-state index in [2.05, 4.69) is 48.3 Å². The lowest BCUT2D eigenvalue weighted by atomic mass is 10.1. The van der Waals surface area contributed by atoms with Crippen LogP contribution in [0.25, 0.3) is 11.3 Å². The van der Waals surface area contributed by atoms with Crippen LogP contribution >= 0.6 is 27.7 Å². The number of nitrogens with zero attached hydrogens (tertiary/aromatic N) is 4. The van der Waals surface area contributed by atoms with Crippen molar-refractivity contribution in [3.63, 3.8) is 0 Å². The second kappa shape index (κ2) is 7.59. The summed E-state index contributed by atoms with van der Waals surface area (Å²) in [5, 5.41) is 12.7. The molecule has 0 amide bonds. The summed E-state index contributed by atoms with van der Waals surface area (Å²) in [7, 11) is 0. The van der Waals surface area contributed by atoms with Gasteiger partial charge in [0.25, 0.3) is 0 Å². The third-order valence-electron chi connectivity index (χ3n) is 3.83. The Morgan fingerprint density at radius 1 is 1.19 bits per heavy atom. The Morgan fingerprint density at radius 2 is 2.04 bits per heavy atom. The maximum atomic E-state index is 6.20. The van der Waals surface area contributed by atoms with Crippen LogP contribution in [0.1, 0.15) is 25.1 Å². The van der Waals surface area contributed by atoms with Gasteiger partial charge in [-0.2, -0.15) is 4.98 Å². The molecule has 8 heteroatoms. The Kier molecular flexibility index (Phi) is 5.03. The van der Waals surface area contributed by atoms with Crippen molar-refractivity contribution in [1.82, 2.24) is 20.2 Å². The number of halogens is 1. The molecule has 1 N–H and O–H groups in total. The van der Waals surface area contributed by atoms with Gasteiger partial charge in [0.15, 0.2) is 11.9 Å². The lowest BCUT2D eigenvalue weighted by Gasteiger charge is -2.19. The van der Waals surface area contributed by atoms with Gasteiger partial charge < -0.3 is 10.1 Å². The molecule has 132 valence electrons. The van der Waals surface area contributed by atoms with Gasteiger partial charge in [-0.1, -0.05) is 34.6 Å². The first-order chi connectivity index (χ1) is 12.7. The van der Waals surface area contributed by atoms with Crippen LogP contribution in [0.15, 0.2) is 52.4 Å². The Hall–Kier alpha value is -2.19. The molecule has 0 saturated carbocycles. The summed E-state index contributed by atoms with van der Waals surface area (Å²) in [6.45, 7) is 2.12. The van der Waals surface area contributed by atoms with Gasteiger partial charge in [-0.05, 0) is 36.8 Å². The number of pyridine rings is 1. The van der Waals surface area contributed by atoms with E-state index in [0.29, 0.717) is 16.7 Å². The Balaban J connectivity index is 1.81. The van der Waals surface area contributed by atoms with E-state index in [4.69, 9.17) is 4.74 Å². The number of fused-ring (bicyclic) bond motifs is 3. The average Bonchev–Trinajstić information content (AvgIpc) is 2.83. The van der Waals surface area contributed by atoms with Gasteiger partial charge in [0.05, 0.1) is 0 Å². The molecule has 0 spiro atoms. The number of hydrogen-bond acceptors (Lipinski definition) is 7. The van der Waals surface area contributed by atoms with Gasteiger partial charge in [-0.25, -0.2) is 0 Å². The molecule has 4 rings (SSSR count). The average molecular weight is 430 g/mol. The monoisotopic (exact) mass is 429 g/mol. The van der Waals surface area contributed by atoms with Gasteiger partial charge in [-0.15, -0.1) is 10.2 Å². The molecular weight excluding hydrogens is 414 g/mol. The van der Waals surface area contributed by atoms with Crippen LogP contribution in [0.2, 0.25) is 0 Å². The molecule has 0 fully saturated rings. The fraction of sp³-hybridized carbons (Fsp3) is 0.222. The van der Waals surface area contributed by atoms with Crippen molar-refractivity contribution in [3.8, 4) is 17.1 Å². The number of aromatic nitrogens is 4. The molecule has 0 bridgehead atoms. The molecule has 1 atom stereocenters. The van der Waals surface area contributed by atoms with E-state index < -0.39 is 0 Å². The predicted octanol–water partition coefficient (Wildman–Crippen LogP) is 4.70. The number of hydrogen-bond donors (Lipinski definition) is 1. The molecule has 0 unspecified atom stereocenters. The van der Waals surface area contributed by atoms with E-state index in [0.717, 1.165) is 33.5 Å². The van der Waals surface area contributed by atoms with Crippen LogP contribution in [-0.2, 0) is 0 Å². The first kappa shape index (κ1) is 17.2. The molecule has 26 heavy (non-hydrogen) atoms. The van der Waals surface area contributed by atoms with Crippen LogP contribution in [-0.4, -0.2) is 25.9 Å². The molecule has 2 aromatic heterocycles. The van der Waals surface area contributed by atoms with Gasteiger partial charge in [-0.3, -0.25) is 4.98 Å². The zero-order valence-electron chi connectivity index (χ0n) is 14.0. The highest BCUT2D eigenvalue weighted by molar-refractivity contribution is 9.10. The highest BCUT2D eigenvalue weighted by Gasteiger charge is 2.26. The number of rotatable bonds is 4. The molecule has 1 aliphatic rings. The minimum atomic E-state index is -0.389. The number of nitrogens with one attached hydrogen (secondary N) is 1. The summed E-state index contributed by atoms with van der Waals surface area (Å²) in [5.74, 6) is 1.42. The number of ether oxygens (including phenoxy) is 1. The van der Waals surface area contributed by atoms with E-state index in [1.807, 2.05) is 30.3 Å². The summed E-state index contributed by atoms with van der Waals surface area (Å²) >= 11 is 5.10. The maximum absolute atomic E-state index is 6.20. The van der Waals surface area contributed by atoms with Gasteiger partial charge in [0, 0.05) is 39.4 Å². The van der Waals surface area contributed by atoms with Gasteiger partial charge in [0.2, 0.25) is 11.0 Å². The van der Waals surface area contributed by atoms with Crippen molar-refractivity contribution in [2.45, 2.75) is 24.7 Å². The smallest absolute Gasteiger partial charge is 0.247 e. The molecule has 3 heterocycles. The molecule has 0 aliphatic carbocycles. The van der Waals surface area contributed by atoms with Crippen molar-refractivity contribution >= 4 is 33.4 Å². The minimum absolute atomic E-state index is 0.389. The Morgan fingerprint density at radius 3 is 2.85 bits per heavy atom. The number of anilines is 1. The summed E-state index contributed by atoms with van der Waals surface area (Å²) in [6.07, 6.45) is 4.15. The Labute approximate surface area is 164 Å². The van der Waals surface area contributed by atoms with E-state index in [9.17, 15) is 0 Å². The summed E-state index contributed by atoms with van der Waals surface area (Å²) < 4.78 is 7.16. The van der Waals surface area contributed by atoms with E-state index in [-0.39, 0.29) is 6.23 Å². The summed E-state index contributed by atoms with van der Waals surface area (Å²) in [6, 6.07) is 9.81. The van der Waals surface area contributed by atoms with Crippen molar-refractivity contribution in [2.75, 3.05) is 11.1 Å². The van der Waals surface area contributed by atoms with Crippen molar-refractivity contribution in [2.24, 2.45) is 0 Å². The fourth-order valence-corrected chi connectivity index (χ4v) is 3.61. The molecule has 0 radical (unpaired) electrons. The first-order valence-corrected chi connectivity index (χ1v) is 10.0. The van der Waals surface area contributed by atoms with Gasteiger partial charge >= 0.3 is 0 Å². The summed E-state index contributed by atoms with van der Waals surface area (Å²) in [4.78, 5) is 8.69. The normalized spacial score (nSPS) is 15.2. The first-order valence-electron chi connectivity index (χ1n) is 8.25. The minimum Gasteiger partial charge on any atom is -0.448 e. The van der Waals surface area contributed by atoms with Crippen LogP contribution in [0.5, 0.6) is 5.88 Å². The van der Waals surface area contributed by atoms with Crippen LogP contribution in [0.4, 0.5) is 5.69 Å². The quantitative estimate of drug-likeness (QED) is 0.602. The molecule has 1 aliphatic heterocycles. The predicted molar refractivity (Wildman–Crippen MR) is 105 cm³/mol. The number of thioether (sulfide) groups is 1. The third-order valence-corrected chi connectivity index (χ3v) is 5.37. The van der Waals surface area contributed by atoms with Crippen LogP contribution in [0.3, 0.4) is 0 Å². The number of benzene rings is 1. The third kappa shape index (κ3) is 3.52. The van der Waals surface area contributed by atoms with Crippen molar-refractivity contribution < 1.29 is 4.74 Å². The molecular formula is C18H16BrN5OS. The van der Waals surface area contributed by atoms with E-state index in [1.165, 1.54) is 0 Å². The second-order valence-electron chi connectivity index (χ2n) is 5.71. The molecule has 6 nitrogen and oxygen atoms in total. The fourth-order valence-electron chi connectivity index (χ4n) is 2.61. The molecule has 3 aromatic rings. The lowest BCUT2D eigenvalue weighted by Crippen LogP contribution is -2.17. The zero-order valence-corrected chi connectivity index (χ0v) is 16.4. The highest BCUT2D eigenvalue weighted by Crippen LogP contribution is 2.40. The SMILES string of the molecule is CCCSc1nnc2c(n1)O[C@@H](c1ccncc1)Nc1ccc(Br)cc1-2. The van der Waals surface area contributed by atoms with Crippen molar-refractivity contribution in [1.29, 1.82) is 0 Å². The van der Waals surface area contributed by atoms with E-state index in [1.54, 1.807) is 24.2 Å². The maximum Gasteiger partial charge on any atom is 0.247 e. The molecule has 1 aromatic carbocycles. The largest absolute Gasteiger partial charge is 0.448 e. The summed E-state index contributed by atoms with van der Waals surface area (Å²) in [5.41, 5.74) is 3.41. The van der Waals surface area contributed by atoms with E-state index >= 15 is 0 Å².